The Kier molecular flexibility index (Phi) is 3.46. The van der Waals surface area contributed by atoms with Gasteiger partial charge in [-0.2, -0.15) is 0 Å². The highest BCUT2D eigenvalue weighted by Crippen LogP contribution is 2.19. The van der Waals surface area contributed by atoms with Crippen molar-refractivity contribution in [1.29, 1.82) is 0 Å². The first-order valence-electron chi connectivity index (χ1n) is 6.09. The molecule has 106 valence electrons. The minimum Gasteiger partial charge on any atom is -0.324 e. The Labute approximate surface area is 116 Å². The van der Waals surface area contributed by atoms with E-state index in [0.29, 0.717) is 5.56 Å². The summed E-state index contributed by atoms with van der Waals surface area (Å²) in [5.41, 5.74) is 2.31. The molecule has 1 aliphatic heterocycles. The number of amides is 4. The molecule has 1 heterocycles. The summed E-state index contributed by atoms with van der Waals surface area (Å²) in [6, 6.07) is 6.11. The molecule has 0 radical (unpaired) electrons. The minimum atomic E-state index is -0.879. The fourth-order valence-electron chi connectivity index (χ4n) is 1.99. The number of urea groups is 1. The van der Waals surface area contributed by atoms with Crippen LogP contribution in [-0.2, 0) is 11.3 Å². The zero-order chi connectivity index (χ0) is 14.9. The van der Waals surface area contributed by atoms with Crippen molar-refractivity contribution in [3.8, 4) is 0 Å². The molecule has 20 heavy (non-hydrogen) atoms. The van der Waals surface area contributed by atoms with Crippen molar-refractivity contribution in [3.05, 3.63) is 35.4 Å². The Morgan fingerprint density at radius 3 is 2.35 bits per heavy atom. The van der Waals surface area contributed by atoms with Gasteiger partial charge in [0.1, 0.15) is 5.54 Å². The summed E-state index contributed by atoms with van der Waals surface area (Å²) in [7, 11) is 0. The van der Waals surface area contributed by atoms with Crippen LogP contribution in [0.3, 0.4) is 0 Å². The number of hydrazine groups is 1. The SMILES string of the molecule is CC1(C)NC(=O)N(Cc2ccc(C(=O)NN)cc2)C1=O. The number of nitrogens with one attached hydrogen (secondary N) is 2. The van der Waals surface area contributed by atoms with E-state index in [9.17, 15) is 14.4 Å². The van der Waals surface area contributed by atoms with Gasteiger partial charge in [-0.1, -0.05) is 12.1 Å². The van der Waals surface area contributed by atoms with E-state index in [1.807, 2.05) is 5.43 Å². The maximum atomic E-state index is 12.0. The van der Waals surface area contributed by atoms with Crippen LogP contribution in [0.1, 0.15) is 29.8 Å². The molecule has 7 nitrogen and oxygen atoms in total. The van der Waals surface area contributed by atoms with Crippen molar-refractivity contribution in [2.24, 2.45) is 5.84 Å². The first-order chi connectivity index (χ1) is 9.35. The monoisotopic (exact) mass is 276 g/mol. The second-order valence-corrected chi connectivity index (χ2v) is 5.12. The Balaban J connectivity index is 2.13. The van der Waals surface area contributed by atoms with Gasteiger partial charge in [0.05, 0.1) is 6.54 Å². The summed E-state index contributed by atoms with van der Waals surface area (Å²) >= 11 is 0. The van der Waals surface area contributed by atoms with Gasteiger partial charge in [-0.3, -0.25) is 19.9 Å². The second-order valence-electron chi connectivity index (χ2n) is 5.12. The average molecular weight is 276 g/mol. The van der Waals surface area contributed by atoms with Gasteiger partial charge in [0.2, 0.25) is 0 Å². The lowest BCUT2D eigenvalue weighted by atomic mass is 10.1. The number of hydrogen-bond donors (Lipinski definition) is 3. The number of imide groups is 1. The van der Waals surface area contributed by atoms with E-state index in [2.05, 4.69) is 5.32 Å². The van der Waals surface area contributed by atoms with Crippen LogP contribution in [0.5, 0.6) is 0 Å². The van der Waals surface area contributed by atoms with E-state index in [0.717, 1.165) is 10.5 Å². The lowest BCUT2D eigenvalue weighted by molar-refractivity contribution is -0.130. The number of hydrogen-bond acceptors (Lipinski definition) is 4. The molecule has 1 saturated heterocycles. The van der Waals surface area contributed by atoms with Crippen molar-refractivity contribution in [1.82, 2.24) is 15.6 Å². The van der Waals surface area contributed by atoms with Gasteiger partial charge in [0.15, 0.2) is 0 Å². The number of carbonyl (C=O) groups excluding carboxylic acids is 3. The molecule has 1 aromatic carbocycles. The van der Waals surface area contributed by atoms with E-state index < -0.39 is 17.5 Å². The van der Waals surface area contributed by atoms with Crippen LogP contribution in [0.25, 0.3) is 0 Å². The third-order valence-electron chi connectivity index (χ3n) is 3.13. The van der Waals surface area contributed by atoms with Gasteiger partial charge in [0, 0.05) is 5.56 Å². The molecule has 0 unspecified atom stereocenters. The molecule has 1 aliphatic rings. The molecule has 1 fully saturated rings. The van der Waals surface area contributed by atoms with E-state index in [1.54, 1.807) is 38.1 Å². The molecular weight excluding hydrogens is 260 g/mol. The highest BCUT2D eigenvalue weighted by molar-refractivity contribution is 6.06. The van der Waals surface area contributed by atoms with Crippen LogP contribution in [0.15, 0.2) is 24.3 Å². The largest absolute Gasteiger partial charge is 0.325 e. The molecule has 1 aromatic rings. The number of nitrogens with zero attached hydrogens (tertiary/aromatic N) is 1. The van der Waals surface area contributed by atoms with Gasteiger partial charge >= 0.3 is 6.03 Å². The molecule has 2 rings (SSSR count). The van der Waals surface area contributed by atoms with Crippen LogP contribution in [0.4, 0.5) is 4.79 Å². The van der Waals surface area contributed by atoms with Crippen LogP contribution in [-0.4, -0.2) is 28.3 Å². The maximum Gasteiger partial charge on any atom is 0.325 e. The van der Waals surface area contributed by atoms with Crippen molar-refractivity contribution in [2.45, 2.75) is 25.9 Å². The second kappa shape index (κ2) is 4.93. The zero-order valence-corrected chi connectivity index (χ0v) is 11.3. The highest BCUT2D eigenvalue weighted by Gasteiger charge is 2.43. The van der Waals surface area contributed by atoms with Crippen LogP contribution in [0.2, 0.25) is 0 Å². The van der Waals surface area contributed by atoms with Gasteiger partial charge in [-0.15, -0.1) is 0 Å². The van der Waals surface area contributed by atoms with Crippen LogP contribution in [0, 0.1) is 0 Å². The average Bonchev–Trinajstić information content (AvgIpc) is 2.61. The zero-order valence-electron chi connectivity index (χ0n) is 11.3. The van der Waals surface area contributed by atoms with Crippen molar-refractivity contribution >= 4 is 17.8 Å². The third-order valence-corrected chi connectivity index (χ3v) is 3.13. The van der Waals surface area contributed by atoms with Crippen LogP contribution >= 0.6 is 0 Å². The van der Waals surface area contributed by atoms with Crippen molar-refractivity contribution < 1.29 is 14.4 Å². The summed E-state index contributed by atoms with van der Waals surface area (Å²) in [5.74, 6) is 4.37. The quantitative estimate of drug-likeness (QED) is 0.315. The molecular formula is C13H16N4O3. The Morgan fingerprint density at radius 1 is 1.30 bits per heavy atom. The number of rotatable bonds is 3. The van der Waals surface area contributed by atoms with Gasteiger partial charge in [-0.05, 0) is 31.5 Å². The summed E-state index contributed by atoms with van der Waals surface area (Å²) in [4.78, 5) is 36.2. The smallest absolute Gasteiger partial charge is 0.324 e. The molecule has 0 aliphatic carbocycles. The molecule has 0 bridgehead atoms. The summed E-state index contributed by atoms with van der Waals surface area (Å²) in [5, 5.41) is 2.61. The minimum absolute atomic E-state index is 0.165. The lowest BCUT2D eigenvalue weighted by Gasteiger charge is -2.16. The first-order valence-corrected chi connectivity index (χ1v) is 6.09. The number of benzene rings is 1. The van der Waals surface area contributed by atoms with Gasteiger partial charge in [0.25, 0.3) is 11.8 Å². The Hall–Kier alpha value is -2.41. The summed E-state index contributed by atoms with van der Waals surface area (Å²) in [6.07, 6.45) is 0. The molecule has 4 amide bonds. The van der Waals surface area contributed by atoms with Crippen molar-refractivity contribution in [2.75, 3.05) is 0 Å². The molecule has 4 N–H and O–H groups in total. The lowest BCUT2D eigenvalue weighted by Crippen LogP contribution is -2.40. The summed E-state index contributed by atoms with van der Waals surface area (Å²) in [6.45, 7) is 3.47. The van der Waals surface area contributed by atoms with E-state index in [1.165, 1.54) is 0 Å². The highest BCUT2D eigenvalue weighted by atomic mass is 16.2. The van der Waals surface area contributed by atoms with Gasteiger partial charge < -0.3 is 5.32 Å². The van der Waals surface area contributed by atoms with Crippen LogP contribution < -0.4 is 16.6 Å². The standard InChI is InChI=1S/C13H16N4O3/c1-13(2)11(19)17(12(20)15-13)7-8-3-5-9(6-4-8)10(18)16-14/h3-6H,7,14H2,1-2H3,(H,15,20)(H,16,18). The molecule has 0 atom stereocenters. The van der Waals surface area contributed by atoms with E-state index in [4.69, 9.17) is 5.84 Å². The Bertz CT molecular complexity index is 565. The molecule has 7 heteroatoms. The summed E-state index contributed by atoms with van der Waals surface area (Å²) < 4.78 is 0. The Morgan fingerprint density at radius 2 is 1.90 bits per heavy atom. The topological polar surface area (TPSA) is 105 Å². The fourth-order valence-corrected chi connectivity index (χ4v) is 1.99. The van der Waals surface area contributed by atoms with E-state index >= 15 is 0 Å². The number of nitrogens with two attached hydrogens (primary N) is 1. The fraction of sp³-hybridized carbons (Fsp3) is 0.308. The van der Waals surface area contributed by atoms with Gasteiger partial charge in [-0.25, -0.2) is 10.6 Å². The maximum absolute atomic E-state index is 12.0. The predicted molar refractivity (Wildman–Crippen MR) is 71.3 cm³/mol. The predicted octanol–water partition coefficient (Wildman–Crippen LogP) is 0.120. The number of nitrogen functional groups attached to an aromatic ring is 1. The van der Waals surface area contributed by atoms with Crippen molar-refractivity contribution in [3.63, 3.8) is 0 Å². The van der Waals surface area contributed by atoms with E-state index in [-0.39, 0.29) is 12.5 Å². The molecule has 0 spiro atoms. The third kappa shape index (κ3) is 2.48. The molecule has 0 aromatic heterocycles. The number of carbonyl (C=O) groups is 3. The normalized spacial score (nSPS) is 17.1. The molecule has 0 saturated carbocycles. The first kappa shape index (κ1) is 14.0.